The molecular formula is C16H24N2O4. The first kappa shape index (κ1) is 17.8. The van der Waals surface area contributed by atoms with Crippen molar-refractivity contribution in [1.82, 2.24) is 5.32 Å². The standard InChI is InChI=1S/C16H24N2O4/c1-11(2)15(16(20)21)17-14(19)8-9-22-13-7-5-6-12(10-13)18(3)4/h5-7,10-11,15H,8-9H2,1-4H3,(H,17,19)(H,20,21). The molecule has 0 aliphatic rings. The predicted octanol–water partition coefficient (Wildman–Crippen LogP) is 1.75. The van der Waals surface area contributed by atoms with E-state index >= 15 is 0 Å². The van der Waals surface area contributed by atoms with Crippen molar-refractivity contribution < 1.29 is 19.4 Å². The molecule has 0 bridgehead atoms. The largest absolute Gasteiger partial charge is 0.493 e. The van der Waals surface area contributed by atoms with Gasteiger partial charge in [-0.15, -0.1) is 0 Å². The van der Waals surface area contributed by atoms with Crippen LogP contribution in [0.4, 0.5) is 5.69 Å². The number of nitrogens with zero attached hydrogens (tertiary/aromatic N) is 1. The molecule has 1 atom stereocenters. The number of ether oxygens (including phenoxy) is 1. The van der Waals surface area contributed by atoms with Crippen LogP contribution in [-0.4, -0.2) is 43.7 Å². The zero-order chi connectivity index (χ0) is 16.7. The lowest BCUT2D eigenvalue weighted by Crippen LogP contribution is -2.44. The van der Waals surface area contributed by atoms with Crippen LogP contribution in [0.5, 0.6) is 5.75 Å². The van der Waals surface area contributed by atoms with E-state index in [-0.39, 0.29) is 24.9 Å². The van der Waals surface area contributed by atoms with Crippen LogP contribution in [0.1, 0.15) is 20.3 Å². The van der Waals surface area contributed by atoms with Crippen molar-refractivity contribution in [1.29, 1.82) is 0 Å². The van der Waals surface area contributed by atoms with Crippen LogP contribution in [0.15, 0.2) is 24.3 Å². The van der Waals surface area contributed by atoms with Gasteiger partial charge in [-0.1, -0.05) is 19.9 Å². The maximum absolute atomic E-state index is 11.8. The van der Waals surface area contributed by atoms with Gasteiger partial charge in [0.2, 0.25) is 5.91 Å². The van der Waals surface area contributed by atoms with Gasteiger partial charge < -0.3 is 20.1 Å². The number of anilines is 1. The second-order valence-corrected chi connectivity index (χ2v) is 5.62. The molecule has 6 nitrogen and oxygen atoms in total. The van der Waals surface area contributed by atoms with Crippen LogP contribution < -0.4 is 15.0 Å². The third-order valence-corrected chi connectivity index (χ3v) is 3.18. The SMILES string of the molecule is CC(C)C(NC(=O)CCOc1cccc(N(C)C)c1)C(=O)O. The van der Waals surface area contributed by atoms with Gasteiger partial charge >= 0.3 is 5.97 Å². The van der Waals surface area contributed by atoms with Crippen molar-refractivity contribution in [2.24, 2.45) is 5.92 Å². The molecule has 0 aromatic heterocycles. The predicted molar refractivity (Wildman–Crippen MR) is 85.3 cm³/mol. The Morgan fingerprint density at radius 2 is 2.00 bits per heavy atom. The highest BCUT2D eigenvalue weighted by molar-refractivity contribution is 5.83. The Morgan fingerprint density at radius 3 is 2.55 bits per heavy atom. The Morgan fingerprint density at radius 1 is 1.32 bits per heavy atom. The molecule has 0 spiro atoms. The number of carbonyl (C=O) groups excluding carboxylic acids is 1. The lowest BCUT2D eigenvalue weighted by atomic mass is 10.0. The molecule has 1 unspecified atom stereocenters. The highest BCUT2D eigenvalue weighted by Crippen LogP contribution is 2.19. The van der Waals surface area contributed by atoms with Crippen LogP contribution >= 0.6 is 0 Å². The second kappa shape index (κ2) is 8.26. The first-order valence-corrected chi connectivity index (χ1v) is 7.23. The molecule has 0 saturated heterocycles. The summed E-state index contributed by atoms with van der Waals surface area (Å²) in [6, 6.07) is 6.67. The monoisotopic (exact) mass is 308 g/mol. The van der Waals surface area contributed by atoms with Crippen LogP contribution in [0, 0.1) is 5.92 Å². The number of carboxylic acids is 1. The lowest BCUT2D eigenvalue weighted by Gasteiger charge is -2.18. The van der Waals surface area contributed by atoms with Gasteiger partial charge in [0.15, 0.2) is 0 Å². The highest BCUT2D eigenvalue weighted by Gasteiger charge is 2.23. The normalized spacial score (nSPS) is 11.9. The van der Waals surface area contributed by atoms with Crippen molar-refractivity contribution in [3.63, 3.8) is 0 Å². The minimum atomic E-state index is -1.03. The second-order valence-electron chi connectivity index (χ2n) is 5.62. The van der Waals surface area contributed by atoms with E-state index < -0.39 is 12.0 Å². The van der Waals surface area contributed by atoms with E-state index in [0.717, 1.165) is 5.69 Å². The van der Waals surface area contributed by atoms with Gasteiger partial charge in [0, 0.05) is 25.8 Å². The topological polar surface area (TPSA) is 78.9 Å². The Hall–Kier alpha value is -2.24. The fourth-order valence-electron chi connectivity index (χ4n) is 1.87. The smallest absolute Gasteiger partial charge is 0.326 e. The lowest BCUT2D eigenvalue weighted by molar-refractivity contribution is -0.143. The summed E-state index contributed by atoms with van der Waals surface area (Å²) in [5.74, 6) is -0.843. The fraction of sp³-hybridized carbons (Fsp3) is 0.500. The average Bonchev–Trinajstić information content (AvgIpc) is 2.44. The third kappa shape index (κ3) is 5.63. The summed E-state index contributed by atoms with van der Waals surface area (Å²) in [5, 5.41) is 11.5. The third-order valence-electron chi connectivity index (χ3n) is 3.18. The number of hydrogen-bond donors (Lipinski definition) is 2. The quantitative estimate of drug-likeness (QED) is 0.765. The van der Waals surface area contributed by atoms with Gasteiger partial charge in [0.05, 0.1) is 13.0 Å². The number of carboxylic acid groups (broad SMARTS) is 1. The summed E-state index contributed by atoms with van der Waals surface area (Å²) >= 11 is 0. The maximum Gasteiger partial charge on any atom is 0.326 e. The number of rotatable bonds is 8. The molecule has 0 aliphatic carbocycles. The van der Waals surface area contributed by atoms with Crippen molar-refractivity contribution >= 4 is 17.6 Å². The van der Waals surface area contributed by atoms with E-state index in [1.165, 1.54) is 0 Å². The van der Waals surface area contributed by atoms with E-state index in [1.807, 2.05) is 43.3 Å². The first-order chi connectivity index (χ1) is 10.3. The Bertz CT molecular complexity index is 515. The zero-order valence-corrected chi connectivity index (χ0v) is 13.5. The minimum Gasteiger partial charge on any atom is -0.493 e. The van der Waals surface area contributed by atoms with Gasteiger partial charge in [0.1, 0.15) is 11.8 Å². The summed E-state index contributed by atoms with van der Waals surface area (Å²) in [6.07, 6.45) is 0.114. The Balaban J connectivity index is 2.45. The minimum absolute atomic E-state index is 0.114. The molecule has 6 heteroatoms. The zero-order valence-electron chi connectivity index (χ0n) is 13.5. The van der Waals surface area contributed by atoms with Crippen molar-refractivity contribution in [2.75, 3.05) is 25.6 Å². The van der Waals surface area contributed by atoms with E-state index in [2.05, 4.69) is 5.32 Å². The molecule has 0 heterocycles. The molecule has 1 aromatic carbocycles. The summed E-state index contributed by atoms with van der Waals surface area (Å²) in [7, 11) is 3.87. The molecule has 0 fully saturated rings. The van der Waals surface area contributed by atoms with E-state index in [0.29, 0.717) is 5.75 Å². The molecular weight excluding hydrogens is 284 g/mol. The van der Waals surface area contributed by atoms with E-state index in [1.54, 1.807) is 13.8 Å². The molecule has 1 amide bonds. The summed E-state index contributed by atoms with van der Waals surface area (Å²) in [5.41, 5.74) is 1.01. The number of nitrogens with one attached hydrogen (secondary N) is 1. The van der Waals surface area contributed by atoms with Gasteiger partial charge in [-0.05, 0) is 18.1 Å². The number of amides is 1. The highest BCUT2D eigenvalue weighted by atomic mass is 16.5. The number of carbonyl (C=O) groups is 2. The van der Waals surface area contributed by atoms with Gasteiger partial charge in [-0.25, -0.2) is 4.79 Å². The van der Waals surface area contributed by atoms with Gasteiger partial charge in [0.25, 0.3) is 0 Å². The summed E-state index contributed by atoms with van der Waals surface area (Å²) in [4.78, 5) is 24.7. The van der Waals surface area contributed by atoms with Crippen molar-refractivity contribution in [3.8, 4) is 5.75 Å². The van der Waals surface area contributed by atoms with E-state index in [4.69, 9.17) is 9.84 Å². The molecule has 1 rings (SSSR count). The Labute approximate surface area is 131 Å². The molecule has 22 heavy (non-hydrogen) atoms. The van der Waals surface area contributed by atoms with Gasteiger partial charge in [-0.2, -0.15) is 0 Å². The van der Waals surface area contributed by atoms with Crippen LogP contribution in [0.25, 0.3) is 0 Å². The Kier molecular flexibility index (Phi) is 6.69. The number of hydrogen-bond acceptors (Lipinski definition) is 4. The summed E-state index contributed by atoms with van der Waals surface area (Å²) < 4.78 is 5.54. The van der Waals surface area contributed by atoms with Crippen LogP contribution in [0.3, 0.4) is 0 Å². The number of aliphatic carboxylic acids is 1. The molecule has 0 saturated carbocycles. The maximum atomic E-state index is 11.8. The first-order valence-electron chi connectivity index (χ1n) is 7.23. The van der Waals surface area contributed by atoms with Crippen molar-refractivity contribution in [2.45, 2.75) is 26.3 Å². The molecule has 122 valence electrons. The average molecular weight is 308 g/mol. The van der Waals surface area contributed by atoms with Crippen LogP contribution in [0.2, 0.25) is 0 Å². The molecule has 1 aromatic rings. The van der Waals surface area contributed by atoms with E-state index in [9.17, 15) is 9.59 Å². The van der Waals surface area contributed by atoms with Gasteiger partial charge in [-0.3, -0.25) is 4.79 Å². The molecule has 2 N–H and O–H groups in total. The summed E-state index contributed by atoms with van der Waals surface area (Å²) in [6.45, 7) is 3.71. The molecule has 0 radical (unpaired) electrons. The number of benzene rings is 1. The molecule has 0 aliphatic heterocycles. The van der Waals surface area contributed by atoms with Crippen LogP contribution in [-0.2, 0) is 9.59 Å². The fourth-order valence-corrected chi connectivity index (χ4v) is 1.87. The van der Waals surface area contributed by atoms with Crippen molar-refractivity contribution in [3.05, 3.63) is 24.3 Å².